The Balaban J connectivity index is 2.24. The maximum absolute atomic E-state index is 11.3. The van der Waals surface area contributed by atoms with Gasteiger partial charge in [-0.05, 0) is 31.0 Å². The first kappa shape index (κ1) is 18.7. The minimum Gasteiger partial charge on any atom is -0.356 e. The Morgan fingerprint density at radius 2 is 1.77 bits per heavy atom. The number of sulfonamides is 1. The van der Waals surface area contributed by atoms with Crippen LogP contribution in [0.1, 0.15) is 12.5 Å². The lowest BCUT2D eigenvalue weighted by molar-refractivity contribution is 0.582. The van der Waals surface area contributed by atoms with Gasteiger partial charge in [0.2, 0.25) is 10.0 Å². The summed E-state index contributed by atoms with van der Waals surface area (Å²) < 4.78 is 25.0. The molecule has 8 heteroatoms. The van der Waals surface area contributed by atoms with E-state index in [4.69, 9.17) is 11.6 Å². The lowest BCUT2D eigenvalue weighted by atomic mass is 10.1. The molecule has 22 heavy (non-hydrogen) atoms. The van der Waals surface area contributed by atoms with Crippen LogP contribution in [0.3, 0.4) is 0 Å². The van der Waals surface area contributed by atoms with Gasteiger partial charge in [-0.25, -0.2) is 13.1 Å². The molecule has 1 aromatic carbocycles. The molecule has 0 bridgehead atoms. The van der Waals surface area contributed by atoms with Crippen LogP contribution < -0.4 is 15.4 Å². The average Bonchev–Trinajstić information content (AvgIpc) is 2.51. The van der Waals surface area contributed by atoms with Crippen molar-refractivity contribution < 1.29 is 8.42 Å². The van der Waals surface area contributed by atoms with Crippen LogP contribution in [0.5, 0.6) is 0 Å². The number of nitrogens with zero attached hydrogens (tertiary/aromatic N) is 1. The molecule has 0 saturated heterocycles. The zero-order valence-electron chi connectivity index (χ0n) is 12.9. The fraction of sp³-hybridized carbons (Fsp3) is 0.500. The zero-order chi connectivity index (χ0) is 16.4. The van der Waals surface area contributed by atoms with E-state index in [1.54, 1.807) is 14.0 Å². The smallest absolute Gasteiger partial charge is 0.211 e. The Morgan fingerprint density at radius 1 is 1.14 bits per heavy atom. The van der Waals surface area contributed by atoms with Gasteiger partial charge in [-0.3, -0.25) is 4.99 Å². The number of hydrogen-bond donors (Lipinski definition) is 3. The van der Waals surface area contributed by atoms with Crippen LogP contribution in [0.25, 0.3) is 0 Å². The molecular formula is C14H23ClN4O2S. The summed E-state index contributed by atoms with van der Waals surface area (Å²) in [5, 5.41) is 6.95. The summed E-state index contributed by atoms with van der Waals surface area (Å²) in [4.78, 5) is 4.08. The predicted molar refractivity (Wildman–Crippen MR) is 92.0 cm³/mol. The van der Waals surface area contributed by atoms with Crippen LogP contribution in [0.4, 0.5) is 0 Å². The molecule has 0 aliphatic heterocycles. The summed E-state index contributed by atoms with van der Waals surface area (Å²) in [5.74, 6) is 0.728. The average molecular weight is 347 g/mol. The third kappa shape index (κ3) is 7.63. The molecule has 0 aliphatic carbocycles. The summed E-state index contributed by atoms with van der Waals surface area (Å²) in [5.41, 5.74) is 1.18. The lowest BCUT2D eigenvalue weighted by Gasteiger charge is -2.12. The number of benzene rings is 1. The number of halogens is 1. The minimum absolute atomic E-state index is 0.0844. The standard InChI is InChI=1S/C14H23ClN4O2S/c1-3-22(20,21)19-11-10-18-14(16-2)17-9-8-12-4-6-13(15)7-5-12/h4-7,19H,3,8-11H2,1-2H3,(H2,16,17,18). The van der Waals surface area contributed by atoms with Crippen molar-refractivity contribution in [2.45, 2.75) is 13.3 Å². The Bertz CT molecular complexity index is 573. The predicted octanol–water partition coefficient (Wildman–Crippen LogP) is 0.987. The molecule has 0 radical (unpaired) electrons. The number of guanidine groups is 1. The van der Waals surface area contributed by atoms with Gasteiger partial charge >= 0.3 is 0 Å². The summed E-state index contributed by atoms with van der Waals surface area (Å²) >= 11 is 5.84. The lowest BCUT2D eigenvalue weighted by Crippen LogP contribution is -2.42. The Kier molecular flexibility index (Phi) is 8.22. The van der Waals surface area contributed by atoms with Crippen LogP contribution in [-0.4, -0.2) is 46.8 Å². The summed E-state index contributed by atoms with van der Waals surface area (Å²) in [6, 6.07) is 7.70. The van der Waals surface area contributed by atoms with E-state index in [0.29, 0.717) is 19.0 Å². The number of rotatable bonds is 8. The molecule has 6 nitrogen and oxygen atoms in total. The molecule has 0 atom stereocenters. The second kappa shape index (κ2) is 9.66. The number of aliphatic imine (C=N–C) groups is 1. The summed E-state index contributed by atoms with van der Waals surface area (Å²) in [6.07, 6.45) is 0.848. The maximum atomic E-state index is 11.3. The molecule has 1 aromatic rings. The van der Waals surface area contributed by atoms with Gasteiger partial charge in [-0.1, -0.05) is 23.7 Å². The van der Waals surface area contributed by atoms with Crippen LogP contribution in [0.2, 0.25) is 5.02 Å². The van der Waals surface area contributed by atoms with Crippen LogP contribution >= 0.6 is 11.6 Å². The van der Waals surface area contributed by atoms with E-state index in [0.717, 1.165) is 18.0 Å². The van der Waals surface area contributed by atoms with Gasteiger partial charge in [-0.15, -0.1) is 0 Å². The van der Waals surface area contributed by atoms with Crippen LogP contribution in [0, 0.1) is 0 Å². The van der Waals surface area contributed by atoms with Crippen molar-refractivity contribution in [3.63, 3.8) is 0 Å². The second-order valence-corrected chi connectivity index (χ2v) is 7.13. The highest BCUT2D eigenvalue weighted by atomic mass is 35.5. The fourth-order valence-electron chi connectivity index (χ4n) is 1.69. The molecule has 0 spiro atoms. The van der Waals surface area contributed by atoms with Crippen molar-refractivity contribution in [2.75, 3.05) is 32.4 Å². The molecule has 0 saturated carbocycles. The SMILES string of the molecule is CCS(=O)(=O)NCCNC(=NC)NCCc1ccc(Cl)cc1. The van der Waals surface area contributed by atoms with E-state index in [1.165, 1.54) is 5.56 Å². The molecule has 0 aliphatic rings. The van der Waals surface area contributed by atoms with Crippen LogP contribution in [-0.2, 0) is 16.4 Å². The van der Waals surface area contributed by atoms with E-state index >= 15 is 0 Å². The zero-order valence-corrected chi connectivity index (χ0v) is 14.5. The first-order valence-corrected chi connectivity index (χ1v) is 9.16. The Hall–Kier alpha value is -1.31. The third-order valence-electron chi connectivity index (χ3n) is 2.96. The molecule has 3 N–H and O–H groups in total. The molecule has 0 heterocycles. The molecule has 0 fully saturated rings. The topological polar surface area (TPSA) is 82.6 Å². The van der Waals surface area contributed by atoms with E-state index in [2.05, 4.69) is 20.3 Å². The van der Waals surface area contributed by atoms with Crippen molar-refractivity contribution >= 4 is 27.6 Å². The van der Waals surface area contributed by atoms with Gasteiger partial charge in [0, 0.05) is 31.7 Å². The second-order valence-electron chi connectivity index (χ2n) is 4.60. The number of hydrogen-bond acceptors (Lipinski definition) is 3. The maximum Gasteiger partial charge on any atom is 0.211 e. The van der Waals surface area contributed by atoms with Gasteiger partial charge < -0.3 is 10.6 Å². The van der Waals surface area contributed by atoms with E-state index < -0.39 is 10.0 Å². The van der Waals surface area contributed by atoms with Crippen molar-refractivity contribution in [1.82, 2.24) is 15.4 Å². The molecule has 124 valence electrons. The van der Waals surface area contributed by atoms with Gasteiger partial charge in [0.05, 0.1) is 5.75 Å². The van der Waals surface area contributed by atoms with Crippen molar-refractivity contribution in [1.29, 1.82) is 0 Å². The molecule has 0 unspecified atom stereocenters. The van der Waals surface area contributed by atoms with Gasteiger partial charge in [0.1, 0.15) is 0 Å². The number of nitrogens with one attached hydrogen (secondary N) is 3. The third-order valence-corrected chi connectivity index (χ3v) is 4.62. The van der Waals surface area contributed by atoms with Gasteiger partial charge in [-0.2, -0.15) is 0 Å². The molecular weight excluding hydrogens is 324 g/mol. The normalized spacial score (nSPS) is 12.2. The highest BCUT2D eigenvalue weighted by Gasteiger charge is 2.04. The highest BCUT2D eigenvalue weighted by Crippen LogP contribution is 2.09. The molecule has 1 rings (SSSR count). The Morgan fingerprint density at radius 3 is 2.36 bits per heavy atom. The largest absolute Gasteiger partial charge is 0.356 e. The quantitative estimate of drug-likeness (QED) is 0.372. The molecule has 0 amide bonds. The van der Waals surface area contributed by atoms with Crippen molar-refractivity contribution in [2.24, 2.45) is 4.99 Å². The fourth-order valence-corrected chi connectivity index (χ4v) is 2.43. The Labute approximate surface area is 137 Å². The first-order valence-electron chi connectivity index (χ1n) is 7.13. The summed E-state index contributed by atoms with van der Waals surface area (Å²) in [7, 11) is -1.47. The molecule has 0 aromatic heterocycles. The highest BCUT2D eigenvalue weighted by molar-refractivity contribution is 7.89. The first-order chi connectivity index (χ1) is 10.5. The van der Waals surface area contributed by atoms with E-state index in [-0.39, 0.29) is 5.75 Å². The van der Waals surface area contributed by atoms with Crippen LogP contribution in [0.15, 0.2) is 29.3 Å². The summed E-state index contributed by atoms with van der Waals surface area (Å²) in [6.45, 7) is 3.13. The van der Waals surface area contributed by atoms with E-state index in [1.807, 2.05) is 24.3 Å². The van der Waals surface area contributed by atoms with Crippen molar-refractivity contribution in [3.8, 4) is 0 Å². The monoisotopic (exact) mass is 346 g/mol. The van der Waals surface area contributed by atoms with Crippen molar-refractivity contribution in [3.05, 3.63) is 34.9 Å². The van der Waals surface area contributed by atoms with Gasteiger partial charge in [0.25, 0.3) is 0 Å². The van der Waals surface area contributed by atoms with Gasteiger partial charge in [0.15, 0.2) is 5.96 Å². The minimum atomic E-state index is -3.14. The van der Waals surface area contributed by atoms with E-state index in [9.17, 15) is 8.42 Å².